The summed E-state index contributed by atoms with van der Waals surface area (Å²) in [4.78, 5) is 0.386. The largest absolute Gasteiger partial charge is 0.330 e. The number of benzene rings is 2. The van der Waals surface area contributed by atoms with E-state index in [0.29, 0.717) is 17.5 Å². The van der Waals surface area contributed by atoms with Crippen LogP contribution in [0.1, 0.15) is 36.8 Å². The van der Waals surface area contributed by atoms with Crippen LogP contribution in [0.15, 0.2) is 53.4 Å². The van der Waals surface area contributed by atoms with Gasteiger partial charge in [-0.05, 0) is 74.0 Å². The Bertz CT molecular complexity index is 914. The van der Waals surface area contributed by atoms with E-state index in [-0.39, 0.29) is 30.2 Å². The number of hydrogen-bond acceptors (Lipinski definition) is 4. The number of rotatable bonds is 7. The predicted octanol–water partition coefficient (Wildman–Crippen LogP) is 4.56. The Morgan fingerprint density at radius 3 is 2.37 bits per heavy atom. The van der Waals surface area contributed by atoms with E-state index in [1.165, 1.54) is 11.8 Å². The van der Waals surface area contributed by atoms with E-state index >= 15 is 0 Å². The molecule has 3 N–H and O–H groups in total. The quantitative estimate of drug-likeness (QED) is 0.593. The monoisotopic (exact) mass is 492 g/mol. The average Bonchev–Trinajstić information content (AvgIpc) is 2.68. The Morgan fingerprint density at radius 1 is 1.10 bits per heavy atom. The molecule has 0 atom stereocenters. The SMILES string of the molecule is CS(=O)(=O)c1cccc(CCNC2CCC(CN)(c3cccc(Cl)c3)CC2)c1.Cl.Cl. The normalized spacial score (nSPS) is 21.4. The highest BCUT2D eigenvalue weighted by molar-refractivity contribution is 7.90. The maximum atomic E-state index is 11.7. The van der Waals surface area contributed by atoms with Gasteiger partial charge in [0.2, 0.25) is 0 Å². The van der Waals surface area contributed by atoms with Crippen LogP contribution in [-0.4, -0.2) is 33.8 Å². The first kappa shape index (κ1) is 27.2. The van der Waals surface area contributed by atoms with Crippen LogP contribution in [0.5, 0.6) is 0 Å². The van der Waals surface area contributed by atoms with Crippen LogP contribution in [0, 0.1) is 0 Å². The lowest BCUT2D eigenvalue weighted by Gasteiger charge is -2.40. The molecule has 0 spiro atoms. The highest BCUT2D eigenvalue weighted by atomic mass is 35.5. The zero-order chi connectivity index (χ0) is 20.2. The Hall–Kier alpha value is -0.820. The van der Waals surface area contributed by atoms with Crippen molar-refractivity contribution >= 4 is 46.3 Å². The Labute approximate surface area is 197 Å². The summed E-state index contributed by atoms with van der Waals surface area (Å²) in [6, 6.07) is 15.8. The van der Waals surface area contributed by atoms with Crippen molar-refractivity contribution < 1.29 is 8.42 Å². The minimum atomic E-state index is -3.16. The van der Waals surface area contributed by atoms with E-state index in [9.17, 15) is 8.42 Å². The van der Waals surface area contributed by atoms with Crippen molar-refractivity contribution in [3.63, 3.8) is 0 Å². The van der Waals surface area contributed by atoms with Gasteiger partial charge in [-0.25, -0.2) is 8.42 Å². The molecular formula is C22H31Cl3N2O2S. The zero-order valence-electron chi connectivity index (χ0n) is 17.1. The van der Waals surface area contributed by atoms with Gasteiger partial charge in [-0.15, -0.1) is 24.8 Å². The summed E-state index contributed by atoms with van der Waals surface area (Å²) in [7, 11) is -3.16. The fourth-order valence-corrected chi connectivity index (χ4v) is 5.04. The van der Waals surface area contributed by atoms with Gasteiger partial charge in [0.05, 0.1) is 4.90 Å². The van der Waals surface area contributed by atoms with Crippen LogP contribution in [-0.2, 0) is 21.7 Å². The highest BCUT2D eigenvalue weighted by Crippen LogP contribution is 2.39. The molecule has 1 saturated carbocycles. The maximum absolute atomic E-state index is 11.7. The van der Waals surface area contributed by atoms with Crippen LogP contribution < -0.4 is 11.1 Å². The second kappa shape index (κ2) is 11.7. The molecule has 4 nitrogen and oxygen atoms in total. The Kier molecular flexibility index (Phi) is 10.6. The summed E-state index contributed by atoms with van der Waals surface area (Å²) in [6.45, 7) is 1.48. The van der Waals surface area contributed by atoms with Crippen LogP contribution in [0.2, 0.25) is 5.02 Å². The fraction of sp³-hybridized carbons (Fsp3) is 0.455. The molecule has 2 aromatic carbocycles. The predicted molar refractivity (Wildman–Crippen MR) is 130 cm³/mol. The maximum Gasteiger partial charge on any atom is 0.175 e. The Balaban J connectivity index is 0.00000225. The molecule has 168 valence electrons. The Morgan fingerprint density at radius 2 is 1.77 bits per heavy atom. The van der Waals surface area contributed by atoms with Gasteiger partial charge in [0.15, 0.2) is 9.84 Å². The molecule has 0 saturated heterocycles. The number of hydrogen-bond donors (Lipinski definition) is 2. The van der Waals surface area contributed by atoms with Gasteiger partial charge in [-0.3, -0.25) is 0 Å². The number of sulfone groups is 1. The van der Waals surface area contributed by atoms with Gasteiger partial charge >= 0.3 is 0 Å². The number of nitrogens with one attached hydrogen (secondary N) is 1. The smallest absolute Gasteiger partial charge is 0.175 e. The van der Waals surface area contributed by atoms with Crippen molar-refractivity contribution in [1.29, 1.82) is 0 Å². The molecule has 0 aliphatic heterocycles. The summed E-state index contributed by atoms with van der Waals surface area (Å²) >= 11 is 6.19. The van der Waals surface area contributed by atoms with Gasteiger partial charge in [0.25, 0.3) is 0 Å². The second-order valence-corrected chi connectivity index (χ2v) is 10.3. The first-order chi connectivity index (χ1) is 13.3. The summed E-state index contributed by atoms with van der Waals surface area (Å²) in [5.74, 6) is 0. The van der Waals surface area contributed by atoms with Crippen molar-refractivity contribution in [3.8, 4) is 0 Å². The number of nitrogens with two attached hydrogens (primary N) is 1. The van der Waals surface area contributed by atoms with E-state index in [1.54, 1.807) is 12.1 Å². The summed E-state index contributed by atoms with van der Waals surface area (Å²) in [5, 5.41) is 4.40. The molecule has 30 heavy (non-hydrogen) atoms. The van der Waals surface area contributed by atoms with Crippen LogP contribution in [0.4, 0.5) is 0 Å². The molecule has 0 bridgehead atoms. The molecule has 2 aromatic rings. The number of halogens is 3. The lowest BCUT2D eigenvalue weighted by molar-refractivity contribution is 0.252. The molecule has 1 aliphatic carbocycles. The zero-order valence-corrected chi connectivity index (χ0v) is 20.3. The average molecular weight is 494 g/mol. The highest BCUT2D eigenvalue weighted by Gasteiger charge is 2.35. The molecule has 0 heterocycles. The van der Waals surface area contributed by atoms with Crippen molar-refractivity contribution in [1.82, 2.24) is 5.32 Å². The van der Waals surface area contributed by atoms with E-state index in [4.69, 9.17) is 17.3 Å². The van der Waals surface area contributed by atoms with Gasteiger partial charge in [-0.2, -0.15) is 0 Å². The molecule has 1 aliphatic rings. The minimum Gasteiger partial charge on any atom is -0.330 e. The van der Waals surface area contributed by atoms with Crippen molar-refractivity contribution in [2.75, 3.05) is 19.3 Å². The van der Waals surface area contributed by atoms with Gasteiger partial charge in [0.1, 0.15) is 0 Å². The van der Waals surface area contributed by atoms with Crippen LogP contribution >= 0.6 is 36.4 Å². The van der Waals surface area contributed by atoms with E-state index in [1.807, 2.05) is 24.3 Å². The van der Waals surface area contributed by atoms with Crippen LogP contribution in [0.3, 0.4) is 0 Å². The lowest BCUT2D eigenvalue weighted by Crippen LogP contribution is -2.44. The van der Waals surface area contributed by atoms with Gasteiger partial charge in [-0.1, -0.05) is 35.9 Å². The third-order valence-electron chi connectivity index (χ3n) is 5.94. The van der Waals surface area contributed by atoms with Crippen molar-refractivity contribution in [2.24, 2.45) is 5.73 Å². The third kappa shape index (κ3) is 6.84. The van der Waals surface area contributed by atoms with Crippen molar-refractivity contribution in [3.05, 3.63) is 64.7 Å². The molecule has 3 rings (SSSR count). The lowest BCUT2D eigenvalue weighted by atomic mass is 9.68. The third-order valence-corrected chi connectivity index (χ3v) is 7.29. The summed E-state index contributed by atoms with van der Waals surface area (Å²) < 4.78 is 23.4. The molecule has 0 radical (unpaired) electrons. The standard InChI is InChI=1S/C22H29ClN2O2S.2ClH/c1-28(26,27)21-7-2-4-17(14-21)10-13-25-20-8-11-22(16-24,12-9-20)18-5-3-6-19(23)15-18;;/h2-7,14-15,20,25H,8-13,16,24H2,1H3;2*1H. The second-order valence-electron chi connectivity index (χ2n) is 7.89. The summed E-state index contributed by atoms with van der Waals surface area (Å²) in [6.07, 6.45) is 6.31. The van der Waals surface area contributed by atoms with E-state index < -0.39 is 9.84 Å². The fourth-order valence-electron chi connectivity index (χ4n) is 4.16. The molecule has 0 amide bonds. The van der Waals surface area contributed by atoms with Crippen LogP contribution in [0.25, 0.3) is 0 Å². The van der Waals surface area contributed by atoms with E-state index in [2.05, 4.69) is 17.4 Å². The topological polar surface area (TPSA) is 72.2 Å². The molecule has 0 unspecified atom stereocenters. The van der Waals surface area contributed by atoms with E-state index in [0.717, 1.165) is 49.2 Å². The first-order valence-corrected chi connectivity index (χ1v) is 12.1. The molecular weight excluding hydrogens is 463 g/mol. The van der Waals surface area contributed by atoms with Crippen molar-refractivity contribution in [2.45, 2.75) is 48.5 Å². The minimum absolute atomic E-state index is 0. The molecule has 8 heteroatoms. The van der Waals surface area contributed by atoms with Gasteiger partial charge < -0.3 is 11.1 Å². The molecule has 1 fully saturated rings. The summed E-state index contributed by atoms with van der Waals surface area (Å²) in [5.41, 5.74) is 8.49. The molecule has 0 aromatic heterocycles. The first-order valence-electron chi connectivity index (χ1n) is 9.81. The van der Waals surface area contributed by atoms with Gasteiger partial charge in [0, 0.05) is 29.3 Å².